The van der Waals surface area contributed by atoms with Crippen LogP contribution in [0.25, 0.3) is 0 Å². The molecule has 0 radical (unpaired) electrons. The number of hydrogen-bond donors (Lipinski definition) is 1. The standard InChI is InChI=1S/C14H19NO2S/c1-16-8-9-18-11-12-5-6-14(17-2)13(10-12)4-3-7-15/h5-6,10H,7-9,11,15H2,1-2H3. The number of ether oxygens (including phenoxy) is 2. The van der Waals surface area contributed by atoms with Crippen molar-refractivity contribution in [3.8, 4) is 17.6 Å². The molecule has 1 rings (SSSR count). The highest BCUT2D eigenvalue weighted by atomic mass is 32.2. The maximum Gasteiger partial charge on any atom is 0.134 e. The van der Waals surface area contributed by atoms with E-state index in [0.29, 0.717) is 6.54 Å². The van der Waals surface area contributed by atoms with Crippen LogP contribution in [-0.4, -0.2) is 33.1 Å². The molecule has 0 aliphatic carbocycles. The lowest BCUT2D eigenvalue weighted by molar-refractivity contribution is 0.218. The molecule has 0 saturated heterocycles. The monoisotopic (exact) mass is 265 g/mol. The number of nitrogens with two attached hydrogens (primary N) is 1. The highest BCUT2D eigenvalue weighted by molar-refractivity contribution is 7.98. The van der Waals surface area contributed by atoms with Gasteiger partial charge in [0.1, 0.15) is 5.75 Å². The Morgan fingerprint density at radius 3 is 2.83 bits per heavy atom. The Kier molecular flexibility index (Phi) is 7.35. The maximum atomic E-state index is 5.39. The molecule has 0 fully saturated rings. The molecule has 3 nitrogen and oxygen atoms in total. The zero-order valence-corrected chi connectivity index (χ0v) is 11.7. The fraction of sp³-hybridized carbons (Fsp3) is 0.429. The summed E-state index contributed by atoms with van der Waals surface area (Å²) < 4.78 is 10.3. The molecule has 98 valence electrons. The summed E-state index contributed by atoms with van der Waals surface area (Å²) in [5.74, 6) is 8.62. The molecule has 0 aromatic heterocycles. The summed E-state index contributed by atoms with van der Waals surface area (Å²) >= 11 is 1.84. The van der Waals surface area contributed by atoms with Crippen molar-refractivity contribution in [2.45, 2.75) is 5.75 Å². The van der Waals surface area contributed by atoms with Gasteiger partial charge in [-0.2, -0.15) is 11.8 Å². The Bertz CT molecular complexity index is 424. The van der Waals surface area contributed by atoms with Crippen molar-refractivity contribution in [1.29, 1.82) is 0 Å². The third-order valence-electron chi connectivity index (χ3n) is 2.29. The largest absolute Gasteiger partial charge is 0.495 e. The molecule has 0 unspecified atom stereocenters. The van der Waals surface area contributed by atoms with Crippen molar-refractivity contribution in [3.63, 3.8) is 0 Å². The summed E-state index contributed by atoms with van der Waals surface area (Å²) in [7, 11) is 3.37. The Morgan fingerprint density at radius 1 is 1.33 bits per heavy atom. The lowest BCUT2D eigenvalue weighted by Gasteiger charge is -2.06. The molecule has 2 N–H and O–H groups in total. The summed E-state index contributed by atoms with van der Waals surface area (Å²) in [6, 6.07) is 6.07. The van der Waals surface area contributed by atoms with E-state index in [2.05, 4.69) is 24.0 Å². The van der Waals surface area contributed by atoms with Crippen LogP contribution in [0.1, 0.15) is 11.1 Å². The van der Waals surface area contributed by atoms with Crippen LogP contribution in [0.4, 0.5) is 0 Å². The summed E-state index contributed by atoms with van der Waals surface area (Å²) in [6.45, 7) is 1.14. The lowest BCUT2D eigenvalue weighted by Crippen LogP contribution is -1.95. The highest BCUT2D eigenvalue weighted by Crippen LogP contribution is 2.21. The van der Waals surface area contributed by atoms with E-state index in [-0.39, 0.29) is 0 Å². The summed E-state index contributed by atoms with van der Waals surface area (Å²) in [5.41, 5.74) is 7.52. The Hall–Kier alpha value is -1.15. The van der Waals surface area contributed by atoms with Crippen LogP contribution in [0.2, 0.25) is 0 Å². The van der Waals surface area contributed by atoms with Gasteiger partial charge < -0.3 is 15.2 Å². The van der Waals surface area contributed by atoms with Gasteiger partial charge in [0.25, 0.3) is 0 Å². The van der Waals surface area contributed by atoms with Crippen LogP contribution in [0.15, 0.2) is 18.2 Å². The van der Waals surface area contributed by atoms with Crippen molar-refractivity contribution in [1.82, 2.24) is 0 Å². The first-order valence-corrected chi connectivity index (χ1v) is 6.89. The van der Waals surface area contributed by atoms with Crippen molar-refractivity contribution >= 4 is 11.8 Å². The lowest BCUT2D eigenvalue weighted by atomic mass is 10.1. The molecule has 0 spiro atoms. The first-order valence-electron chi connectivity index (χ1n) is 5.74. The van der Waals surface area contributed by atoms with E-state index < -0.39 is 0 Å². The minimum absolute atomic E-state index is 0.357. The molecule has 0 amide bonds. The van der Waals surface area contributed by atoms with Crippen molar-refractivity contribution in [2.75, 3.05) is 33.1 Å². The molecule has 1 aromatic rings. The second kappa shape index (κ2) is 8.87. The van der Waals surface area contributed by atoms with E-state index in [1.54, 1.807) is 14.2 Å². The molecule has 0 aliphatic heterocycles. The topological polar surface area (TPSA) is 44.5 Å². The van der Waals surface area contributed by atoms with Gasteiger partial charge in [-0.3, -0.25) is 0 Å². The van der Waals surface area contributed by atoms with Crippen LogP contribution < -0.4 is 10.5 Å². The minimum Gasteiger partial charge on any atom is -0.495 e. The molecule has 0 saturated carbocycles. The van der Waals surface area contributed by atoms with E-state index in [1.165, 1.54) is 5.56 Å². The van der Waals surface area contributed by atoms with Crippen LogP contribution in [0, 0.1) is 11.8 Å². The number of thioether (sulfide) groups is 1. The quantitative estimate of drug-likeness (QED) is 0.630. The minimum atomic E-state index is 0.357. The van der Waals surface area contributed by atoms with Crippen LogP contribution in [0.5, 0.6) is 5.75 Å². The van der Waals surface area contributed by atoms with E-state index >= 15 is 0 Å². The fourth-order valence-electron chi connectivity index (χ4n) is 1.42. The highest BCUT2D eigenvalue weighted by Gasteiger charge is 2.02. The molecule has 0 atom stereocenters. The predicted octanol–water partition coefficient (Wildman–Crippen LogP) is 1.89. The molecule has 4 heteroatoms. The van der Waals surface area contributed by atoms with Crippen LogP contribution in [-0.2, 0) is 10.5 Å². The zero-order valence-electron chi connectivity index (χ0n) is 10.9. The van der Waals surface area contributed by atoms with E-state index in [9.17, 15) is 0 Å². The van der Waals surface area contributed by atoms with Gasteiger partial charge in [0.2, 0.25) is 0 Å². The molecule has 1 aromatic carbocycles. The van der Waals surface area contributed by atoms with Gasteiger partial charge in [0.05, 0.1) is 25.8 Å². The summed E-state index contributed by atoms with van der Waals surface area (Å²) in [6.07, 6.45) is 0. The van der Waals surface area contributed by atoms with Gasteiger partial charge in [-0.15, -0.1) is 0 Å². The maximum absolute atomic E-state index is 5.39. The van der Waals surface area contributed by atoms with Crippen molar-refractivity contribution in [2.24, 2.45) is 5.73 Å². The average Bonchev–Trinajstić information content (AvgIpc) is 2.41. The number of rotatable bonds is 6. The van der Waals surface area contributed by atoms with Gasteiger partial charge in [0.15, 0.2) is 0 Å². The van der Waals surface area contributed by atoms with Crippen LogP contribution in [0.3, 0.4) is 0 Å². The predicted molar refractivity (Wildman–Crippen MR) is 77.0 cm³/mol. The number of hydrogen-bond acceptors (Lipinski definition) is 4. The van der Waals surface area contributed by atoms with Crippen molar-refractivity contribution < 1.29 is 9.47 Å². The molecule has 0 heterocycles. The molecular formula is C14H19NO2S. The van der Waals surface area contributed by atoms with Gasteiger partial charge in [-0.05, 0) is 17.7 Å². The Balaban J connectivity index is 2.70. The van der Waals surface area contributed by atoms with E-state index in [1.807, 2.05) is 17.8 Å². The summed E-state index contributed by atoms with van der Waals surface area (Å²) in [4.78, 5) is 0. The smallest absolute Gasteiger partial charge is 0.134 e. The second-order valence-corrected chi connectivity index (χ2v) is 4.69. The molecular weight excluding hydrogens is 246 g/mol. The molecule has 0 aliphatic rings. The molecule has 0 bridgehead atoms. The van der Waals surface area contributed by atoms with E-state index in [4.69, 9.17) is 15.2 Å². The van der Waals surface area contributed by atoms with Crippen molar-refractivity contribution in [3.05, 3.63) is 29.3 Å². The first kappa shape index (κ1) is 14.9. The number of methoxy groups -OCH3 is 2. The fourth-order valence-corrected chi connectivity index (χ4v) is 2.27. The van der Waals surface area contributed by atoms with Gasteiger partial charge in [-0.25, -0.2) is 0 Å². The SMILES string of the molecule is COCCSCc1ccc(OC)c(C#CCN)c1. The third-order valence-corrected chi connectivity index (χ3v) is 3.28. The first-order chi connectivity index (χ1) is 8.81. The number of benzene rings is 1. The van der Waals surface area contributed by atoms with Gasteiger partial charge >= 0.3 is 0 Å². The van der Waals surface area contributed by atoms with Crippen LogP contribution >= 0.6 is 11.8 Å². The van der Waals surface area contributed by atoms with Gasteiger partial charge in [0, 0.05) is 18.6 Å². The summed E-state index contributed by atoms with van der Waals surface area (Å²) in [5, 5.41) is 0. The van der Waals surface area contributed by atoms with E-state index in [0.717, 1.165) is 29.4 Å². The molecule has 18 heavy (non-hydrogen) atoms. The average molecular weight is 265 g/mol. The zero-order chi connectivity index (χ0) is 13.2. The normalized spacial score (nSPS) is 9.72. The van der Waals surface area contributed by atoms with Gasteiger partial charge in [-0.1, -0.05) is 17.9 Å². The Labute approximate surface area is 113 Å². The second-order valence-electron chi connectivity index (χ2n) is 3.59. The Morgan fingerprint density at radius 2 is 2.17 bits per heavy atom. The third kappa shape index (κ3) is 5.01.